The zero-order chi connectivity index (χ0) is 18.2. The van der Waals surface area contributed by atoms with E-state index < -0.39 is 5.91 Å². The summed E-state index contributed by atoms with van der Waals surface area (Å²) < 4.78 is 5.63. The van der Waals surface area contributed by atoms with Crippen molar-refractivity contribution in [2.24, 2.45) is 0 Å². The number of hydrogen-bond donors (Lipinski definition) is 2. The van der Waals surface area contributed by atoms with Gasteiger partial charge in [-0.3, -0.25) is 20.4 Å². The number of para-hydroxylation sites is 1. The van der Waals surface area contributed by atoms with Crippen LogP contribution in [-0.2, 0) is 16.0 Å². The van der Waals surface area contributed by atoms with Crippen LogP contribution in [0.15, 0.2) is 72.1 Å². The summed E-state index contributed by atoms with van der Waals surface area (Å²) in [5.74, 6) is -0.0864. The van der Waals surface area contributed by atoms with Crippen molar-refractivity contribution in [1.82, 2.24) is 10.9 Å². The Hall–Kier alpha value is -3.12. The molecule has 0 bridgehead atoms. The molecule has 0 aliphatic rings. The summed E-state index contributed by atoms with van der Waals surface area (Å²) in [7, 11) is 0. The van der Waals surface area contributed by atoms with E-state index in [0.717, 1.165) is 16.0 Å². The van der Waals surface area contributed by atoms with Gasteiger partial charge in [0.1, 0.15) is 5.75 Å². The monoisotopic (exact) mass is 366 g/mol. The standard InChI is InChI=1S/C20H18N2O3S/c23-19(13-16-9-6-12-26-16)21-22-20(24)14-25-18-11-5-4-10-17(18)15-7-2-1-3-8-15/h1-12H,13-14H2,(H,21,23)(H,22,24). The van der Waals surface area contributed by atoms with Gasteiger partial charge in [-0.1, -0.05) is 54.6 Å². The molecule has 2 N–H and O–H groups in total. The summed E-state index contributed by atoms with van der Waals surface area (Å²) in [5.41, 5.74) is 6.67. The fourth-order valence-corrected chi connectivity index (χ4v) is 3.09. The number of ether oxygens (including phenoxy) is 1. The topological polar surface area (TPSA) is 67.4 Å². The van der Waals surface area contributed by atoms with Crippen LogP contribution < -0.4 is 15.6 Å². The summed E-state index contributed by atoms with van der Waals surface area (Å²) in [5, 5.41) is 1.90. The minimum Gasteiger partial charge on any atom is -0.483 e. The van der Waals surface area contributed by atoms with Crippen LogP contribution in [0.25, 0.3) is 11.1 Å². The molecule has 132 valence electrons. The van der Waals surface area contributed by atoms with E-state index in [-0.39, 0.29) is 18.9 Å². The van der Waals surface area contributed by atoms with Crippen LogP contribution in [0.2, 0.25) is 0 Å². The first-order valence-electron chi connectivity index (χ1n) is 8.09. The lowest BCUT2D eigenvalue weighted by Gasteiger charge is -2.12. The zero-order valence-electron chi connectivity index (χ0n) is 14.0. The van der Waals surface area contributed by atoms with E-state index in [4.69, 9.17) is 4.74 Å². The molecule has 6 heteroatoms. The van der Waals surface area contributed by atoms with Crippen LogP contribution >= 0.6 is 11.3 Å². The highest BCUT2D eigenvalue weighted by Crippen LogP contribution is 2.29. The van der Waals surface area contributed by atoms with Gasteiger partial charge in [0.25, 0.3) is 5.91 Å². The summed E-state index contributed by atoms with van der Waals surface area (Å²) in [6.45, 7) is -0.191. The molecule has 2 aromatic carbocycles. The molecule has 0 saturated heterocycles. The number of hydrazine groups is 1. The van der Waals surface area contributed by atoms with Crippen LogP contribution in [0.1, 0.15) is 4.88 Å². The van der Waals surface area contributed by atoms with Crippen LogP contribution in [0, 0.1) is 0 Å². The van der Waals surface area contributed by atoms with Gasteiger partial charge in [-0.25, -0.2) is 0 Å². The second kappa shape index (κ2) is 8.82. The second-order valence-corrected chi connectivity index (χ2v) is 6.54. The zero-order valence-corrected chi connectivity index (χ0v) is 14.8. The molecule has 0 unspecified atom stereocenters. The SMILES string of the molecule is O=C(COc1ccccc1-c1ccccc1)NNC(=O)Cc1cccs1. The lowest BCUT2D eigenvalue weighted by atomic mass is 10.1. The molecule has 3 aromatic rings. The maximum absolute atomic E-state index is 11.9. The molecule has 1 aromatic heterocycles. The number of hydrogen-bond acceptors (Lipinski definition) is 4. The molecular formula is C20H18N2O3S. The first kappa shape index (κ1) is 17.7. The number of carbonyl (C=O) groups is 2. The average molecular weight is 366 g/mol. The maximum Gasteiger partial charge on any atom is 0.276 e. The molecule has 3 rings (SSSR count). The highest BCUT2D eigenvalue weighted by atomic mass is 32.1. The summed E-state index contributed by atoms with van der Waals surface area (Å²) in [4.78, 5) is 24.6. The van der Waals surface area contributed by atoms with Gasteiger partial charge in [-0.2, -0.15) is 0 Å². The Balaban J connectivity index is 1.51. The fraction of sp³-hybridized carbons (Fsp3) is 0.100. The Bertz CT molecular complexity index is 864. The summed E-state index contributed by atoms with van der Waals surface area (Å²) in [6.07, 6.45) is 0.232. The van der Waals surface area contributed by atoms with Gasteiger partial charge in [0.2, 0.25) is 5.91 Å². The highest BCUT2D eigenvalue weighted by molar-refractivity contribution is 7.10. The molecule has 5 nitrogen and oxygen atoms in total. The number of benzene rings is 2. The van der Waals surface area contributed by atoms with E-state index in [1.165, 1.54) is 11.3 Å². The van der Waals surface area contributed by atoms with Crippen molar-refractivity contribution < 1.29 is 14.3 Å². The van der Waals surface area contributed by atoms with Gasteiger partial charge >= 0.3 is 0 Å². The van der Waals surface area contributed by atoms with Gasteiger partial charge in [0.15, 0.2) is 6.61 Å². The van der Waals surface area contributed by atoms with E-state index in [1.807, 2.05) is 72.1 Å². The van der Waals surface area contributed by atoms with Gasteiger partial charge in [0.05, 0.1) is 6.42 Å². The summed E-state index contributed by atoms with van der Waals surface area (Å²) >= 11 is 1.49. The molecule has 26 heavy (non-hydrogen) atoms. The van der Waals surface area contributed by atoms with E-state index in [0.29, 0.717) is 5.75 Å². The van der Waals surface area contributed by atoms with Crippen LogP contribution in [-0.4, -0.2) is 18.4 Å². The Kier molecular flexibility index (Phi) is 6.01. The number of thiophene rings is 1. The minimum atomic E-state index is -0.424. The molecule has 0 saturated carbocycles. The van der Waals surface area contributed by atoms with Crippen molar-refractivity contribution in [1.29, 1.82) is 0 Å². The smallest absolute Gasteiger partial charge is 0.276 e. The van der Waals surface area contributed by atoms with Gasteiger partial charge in [0, 0.05) is 10.4 Å². The fourth-order valence-electron chi connectivity index (χ4n) is 2.38. The molecule has 0 atom stereocenters. The molecular weight excluding hydrogens is 348 g/mol. The Morgan fingerprint density at radius 3 is 2.35 bits per heavy atom. The number of amides is 2. The average Bonchev–Trinajstić information content (AvgIpc) is 3.18. The van der Waals surface area contributed by atoms with E-state index in [2.05, 4.69) is 10.9 Å². The van der Waals surface area contributed by atoms with Gasteiger partial charge in [-0.05, 0) is 23.1 Å². The lowest BCUT2D eigenvalue weighted by Crippen LogP contribution is -2.44. The molecule has 2 amide bonds. The van der Waals surface area contributed by atoms with Gasteiger partial charge < -0.3 is 4.74 Å². The number of nitrogens with one attached hydrogen (secondary N) is 2. The Morgan fingerprint density at radius 1 is 0.846 bits per heavy atom. The number of carbonyl (C=O) groups excluding carboxylic acids is 2. The predicted octanol–water partition coefficient (Wildman–Crippen LogP) is 3.18. The quantitative estimate of drug-likeness (QED) is 0.659. The van der Waals surface area contributed by atoms with Crippen LogP contribution in [0.3, 0.4) is 0 Å². The number of rotatable bonds is 6. The summed E-state index contributed by atoms with van der Waals surface area (Å²) in [6, 6.07) is 21.1. The molecule has 1 heterocycles. The van der Waals surface area contributed by atoms with Gasteiger partial charge in [-0.15, -0.1) is 11.3 Å². The van der Waals surface area contributed by atoms with Crippen LogP contribution in [0.5, 0.6) is 5.75 Å². The third-order valence-corrected chi connectivity index (χ3v) is 4.46. The first-order chi connectivity index (χ1) is 12.7. The Morgan fingerprint density at radius 2 is 1.58 bits per heavy atom. The predicted molar refractivity (Wildman–Crippen MR) is 102 cm³/mol. The second-order valence-electron chi connectivity index (χ2n) is 5.50. The van der Waals surface area contributed by atoms with Crippen molar-refractivity contribution in [3.05, 3.63) is 77.0 Å². The van der Waals surface area contributed by atoms with E-state index >= 15 is 0 Å². The van der Waals surface area contributed by atoms with Crippen molar-refractivity contribution in [2.75, 3.05) is 6.61 Å². The molecule has 0 aliphatic carbocycles. The van der Waals surface area contributed by atoms with E-state index in [9.17, 15) is 9.59 Å². The third-order valence-electron chi connectivity index (χ3n) is 3.59. The highest BCUT2D eigenvalue weighted by Gasteiger charge is 2.09. The van der Waals surface area contributed by atoms with Crippen molar-refractivity contribution in [3.8, 4) is 16.9 Å². The normalized spacial score (nSPS) is 10.2. The molecule has 0 aliphatic heterocycles. The molecule has 0 fully saturated rings. The largest absolute Gasteiger partial charge is 0.483 e. The van der Waals surface area contributed by atoms with Crippen LogP contribution in [0.4, 0.5) is 0 Å². The molecule has 0 radical (unpaired) electrons. The lowest BCUT2D eigenvalue weighted by molar-refractivity contribution is -0.129. The van der Waals surface area contributed by atoms with Crippen molar-refractivity contribution in [2.45, 2.75) is 6.42 Å². The third kappa shape index (κ3) is 4.94. The first-order valence-corrected chi connectivity index (χ1v) is 8.97. The van der Waals surface area contributed by atoms with E-state index in [1.54, 1.807) is 0 Å². The minimum absolute atomic E-state index is 0.191. The Labute approximate surface area is 155 Å². The maximum atomic E-state index is 11.9. The van der Waals surface area contributed by atoms with Crippen molar-refractivity contribution in [3.63, 3.8) is 0 Å². The van der Waals surface area contributed by atoms with Crippen molar-refractivity contribution >= 4 is 23.2 Å². The molecule has 0 spiro atoms.